The van der Waals surface area contributed by atoms with Crippen LogP contribution in [0, 0.1) is 12.3 Å². The molecule has 7 nitrogen and oxygen atoms in total. The molecule has 1 aromatic carbocycles. The molecule has 0 saturated heterocycles. The normalized spacial score (nSPS) is 23.8. The molecular weight excluding hydrogens is 491 g/mol. The maximum Gasteiger partial charge on any atom is 0.192 e. The Bertz CT molecular complexity index is 866. The van der Waals surface area contributed by atoms with Crippen molar-refractivity contribution in [3.63, 3.8) is 0 Å². The van der Waals surface area contributed by atoms with Gasteiger partial charge >= 0.3 is 0 Å². The molecule has 0 amide bonds. The Morgan fingerprint density at radius 3 is 2.47 bits per heavy atom. The lowest BCUT2D eigenvalue weighted by atomic mass is 9.56. The molecule has 3 atom stereocenters. The van der Waals surface area contributed by atoms with Crippen molar-refractivity contribution in [2.24, 2.45) is 17.5 Å². The molecule has 0 bridgehead atoms. The number of hydrogen-bond acceptors (Lipinski definition) is 4. The maximum absolute atomic E-state index is 5.78. The summed E-state index contributed by atoms with van der Waals surface area (Å²) in [5, 5.41) is 15.5. The van der Waals surface area contributed by atoms with Gasteiger partial charge < -0.3 is 19.9 Å². The molecule has 2 aromatic rings. The lowest BCUT2D eigenvalue weighted by Gasteiger charge is -2.59. The summed E-state index contributed by atoms with van der Waals surface area (Å²) in [5.74, 6) is 2.50. The van der Waals surface area contributed by atoms with Crippen molar-refractivity contribution in [3.05, 3.63) is 47.5 Å². The Labute approximate surface area is 197 Å². The van der Waals surface area contributed by atoms with Gasteiger partial charge in [0.15, 0.2) is 11.8 Å². The summed E-state index contributed by atoms with van der Waals surface area (Å²) in [4.78, 5) is 4.82. The highest BCUT2D eigenvalue weighted by Crippen LogP contribution is 2.51. The van der Waals surface area contributed by atoms with Gasteiger partial charge in [0, 0.05) is 25.6 Å². The average molecular weight is 526 g/mol. The summed E-state index contributed by atoms with van der Waals surface area (Å²) in [5.41, 5.74) is 1.06. The fourth-order valence-corrected chi connectivity index (χ4v) is 3.79. The van der Waals surface area contributed by atoms with Crippen LogP contribution in [-0.2, 0) is 18.3 Å². The average Bonchev–Trinajstić information content (AvgIpc) is 3.03. The van der Waals surface area contributed by atoms with Crippen molar-refractivity contribution < 1.29 is 4.74 Å². The summed E-state index contributed by atoms with van der Waals surface area (Å²) in [6.45, 7) is 11.2. The minimum Gasteiger partial charge on any atom is -0.378 e. The van der Waals surface area contributed by atoms with E-state index in [1.165, 1.54) is 5.56 Å². The number of benzene rings is 1. The van der Waals surface area contributed by atoms with Crippen molar-refractivity contribution in [3.8, 4) is 0 Å². The number of hydrogen-bond donors (Lipinski definition) is 2. The summed E-state index contributed by atoms with van der Waals surface area (Å²) in [6, 6.07) is 10.8. The number of halogens is 1. The molecular formula is C22H35IN6O. The lowest BCUT2D eigenvalue weighted by Crippen LogP contribution is -2.69. The SMILES string of the molecule is COC1(C)CC(NC(=NCc2nnc(C)n2C)NC(C)c2ccccc2)C1(C)C.I. The highest BCUT2D eigenvalue weighted by atomic mass is 127. The number of aromatic nitrogens is 3. The van der Waals surface area contributed by atoms with E-state index < -0.39 is 0 Å². The molecule has 0 spiro atoms. The second kappa shape index (κ2) is 9.64. The molecule has 166 valence electrons. The fraction of sp³-hybridized carbons (Fsp3) is 0.591. The van der Waals surface area contributed by atoms with Gasteiger partial charge in [-0.05, 0) is 32.8 Å². The molecule has 30 heavy (non-hydrogen) atoms. The van der Waals surface area contributed by atoms with E-state index in [0.717, 1.165) is 24.0 Å². The lowest BCUT2D eigenvalue weighted by molar-refractivity contribution is -0.176. The molecule has 8 heteroatoms. The zero-order valence-corrected chi connectivity index (χ0v) is 21.4. The van der Waals surface area contributed by atoms with Crippen molar-refractivity contribution >= 4 is 29.9 Å². The number of rotatable bonds is 6. The predicted molar refractivity (Wildman–Crippen MR) is 131 cm³/mol. The van der Waals surface area contributed by atoms with Crippen LogP contribution in [0.25, 0.3) is 0 Å². The van der Waals surface area contributed by atoms with Crippen LogP contribution in [0.4, 0.5) is 0 Å². The number of nitrogens with one attached hydrogen (secondary N) is 2. The molecule has 1 aliphatic carbocycles. The van der Waals surface area contributed by atoms with E-state index in [2.05, 4.69) is 72.8 Å². The molecule has 1 fully saturated rings. The van der Waals surface area contributed by atoms with Crippen LogP contribution in [0.15, 0.2) is 35.3 Å². The van der Waals surface area contributed by atoms with E-state index in [9.17, 15) is 0 Å². The first-order valence-corrected chi connectivity index (χ1v) is 10.2. The van der Waals surface area contributed by atoms with Crippen LogP contribution in [0.3, 0.4) is 0 Å². The first kappa shape index (κ1) is 24.6. The highest BCUT2D eigenvalue weighted by Gasteiger charge is 2.58. The van der Waals surface area contributed by atoms with Crippen LogP contribution in [0.1, 0.15) is 57.4 Å². The maximum atomic E-state index is 5.78. The number of methoxy groups -OCH3 is 1. The van der Waals surface area contributed by atoms with E-state index >= 15 is 0 Å². The van der Waals surface area contributed by atoms with Crippen LogP contribution in [0.2, 0.25) is 0 Å². The predicted octanol–water partition coefficient (Wildman–Crippen LogP) is 3.74. The summed E-state index contributed by atoms with van der Waals surface area (Å²) >= 11 is 0. The molecule has 0 aliphatic heterocycles. The molecule has 1 aliphatic rings. The van der Waals surface area contributed by atoms with Gasteiger partial charge in [-0.25, -0.2) is 4.99 Å². The minimum absolute atomic E-state index is 0. The van der Waals surface area contributed by atoms with Gasteiger partial charge in [-0.2, -0.15) is 0 Å². The zero-order chi connectivity index (χ0) is 21.2. The van der Waals surface area contributed by atoms with E-state index in [1.807, 2.05) is 24.6 Å². The molecule has 3 rings (SSSR count). The number of aryl methyl sites for hydroxylation is 1. The van der Waals surface area contributed by atoms with Gasteiger partial charge in [0.1, 0.15) is 12.4 Å². The number of guanidine groups is 1. The Kier molecular flexibility index (Phi) is 7.90. The van der Waals surface area contributed by atoms with Gasteiger partial charge in [0.2, 0.25) is 0 Å². The van der Waals surface area contributed by atoms with E-state index in [-0.39, 0.29) is 47.1 Å². The molecule has 1 heterocycles. The van der Waals surface area contributed by atoms with Crippen LogP contribution < -0.4 is 10.6 Å². The Morgan fingerprint density at radius 2 is 1.93 bits per heavy atom. The molecule has 0 radical (unpaired) electrons. The van der Waals surface area contributed by atoms with Crippen molar-refractivity contribution in [1.29, 1.82) is 0 Å². The molecule has 2 N–H and O–H groups in total. The third-order valence-corrected chi connectivity index (χ3v) is 6.80. The number of ether oxygens (including phenoxy) is 1. The fourth-order valence-electron chi connectivity index (χ4n) is 3.79. The zero-order valence-electron chi connectivity index (χ0n) is 19.1. The first-order chi connectivity index (χ1) is 13.7. The highest BCUT2D eigenvalue weighted by molar-refractivity contribution is 14.0. The van der Waals surface area contributed by atoms with Gasteiger partial charge in [-0.15, -0.1) is 34.2 Å². The Morgan fingerprint density at radius 1 is 1.27 bits per heavy atom. The monoisotopic (exact) mass is 526 g/mol. The summed E-state index contributed by atoms with van der Waals surface area (Å²) in [7, 11) is 3.76. The van der Waals surface area contributed by atoms with Gasteiger partial charge in [0.05, 0.1) is 11.6 Å². The first-order valence-electron chi connectivity index (χ1n) is 10.2. The van der Waals surface area contributed by atoms with Crippen molar-refractivity contribution in [1.82, 2.24) is 25.4 Å². The van der Waals surface area contributed by atoms with Crippen LogP contribution in [-0.4, -0.2) is 39.5 Å². The molecule has 1 saturated carbocycles. The number of nitrogens with zero attached hydrogens (tertiary/aromatic N) is 4. The standard InChI is InChI=1S/C22H34N6O.HI/c1-15(17-11-9-8-10-12-17)24-20(23-14-19-27-26-16(2)28(19)6)25-18-13-22(5,29-7)21(18,3)4;/h8-12,15,18H,13-14H2,1-7H3,(H2,23,24,25);1H. The van der Waals surface area contributed by atoms with Gasteiger partial charge in [-0.3, -0.25) is 0 Å². The second-order valence-electron chi connectivity index (χ2n) is 8.72. The summed E-state index contributed by atoms with van der Waals surface area (Å²) in [6.07, 6.45) is 0.931. The third kappa shape index (κ3) is 4.80. The largest absolute Gasteiger partial charge is 0.378 e. The molecule has 1 aromatic heterocycles. The van der Waals surface area contributed by atoms with E-state index in [4.69, 9.17) is 9.73 Å². The van der Waals surface area contributed by atoms with Crippen molar-refractivity contribution in [2.75, 3.05) is 7.11 Å². The van der Waals surface area contributed by atoms with Crippen LogP contribution in [0.5, 0.6) is 0 Å². The second-order valence-corrected chi connectivity index (χ2v) is 8.72. The molecule has 3 unspecified atom stereocenters. The number of aliphatic imine (C=N–C) groups is 1. The van der Waals surface area contributed by atoms with Gasteiger partial charge in [0.25, 0.3) is 0 Å². The minimum atomic E-state index is -0.137. The Hall–Kier alpha value is -1.68. The quantitative estimate of drug-likeness (QED) is 0.341. The summed E-state index contributed by atoms with van der Waals surface area (Å²) < 4.78 is 7.75. The van der Waals surface area contributed by atoms with Crippen LogP contribution >= 0.6 is 24.0 Å². The van der Waals surface area contributed by atoms with Crippen molar-refractivity contribution in [2.45, 2.75) is 65.3 Å². The Balaban J connectivity index is 0.00000320. The topological polar surface area (TPSA) is 76.4 Å². The van der Waals surface area contributed by atoms with E-state index in [0.29, 0.717) is 6.54 Å². The van der Waals surface area contributed by atoms with Gasteiger partial charge in [-0.1, -0.05) is 44.2 Å². The third-order valence-electron chi connectivity index (χ3n) is 6.80. The smallest absolute Gasteiger partial charge is 0.192 e. The van der Waals surface area contributed by atoms with E-state index in [1.54, 1.807) is 7.11 Å².